The van der Waals surface area contributed by atoms with E-state index >= 15 is 0 Å². The monoisotopic (exact) mass is 346 g/mol. The van der Waals surface area contributed by atoms with Crippen molar-refractivity contribution in [3.05, 3.63) is 72.6 Å². The average Bonchev–Trinajstić information content (AvgIpc) is 3.14. The molecule has 26 heavy (non-hydrogen) atoms. The average molecular weight is 346 g/mol. The van der Waals surface area contributed by atoms with Gasteiger partial charge in [-0.05, 0) is 41.1 Å². The van der Waals surface area contributed by atoms with E-state index in [2.05, 4.69) is 10.3 Å². The fourth-order valence-corrected chi connectivity index (χ4v) is 2.66. The molecule has 6 nitrogen and oxygen atoms in total. The minimum atomic E-state index is -0.600. The van der Waals surface area contributed by atoms with Crippen LogP contribution in [0.2, 0.25) is 0 Å². The Morgan fingerprint density at radius 2 is 1.85 bits per heavy atom. The van der Waals surface area contributed by atoms with Crippen LogP contribution in [0, 0.1) is 0 Å². The Labute approximate surface area is 148 Å². The highest BCUT2D eigenvalue weighted by Gasteiger charge is 2.12. The summed E-state index contributed by atoms with van der Waals surface area (Å²) in [7, 11) is 0. The number of carbonyl (C=O) groups is 2. The van der Waals surface area contributed by atoms with E-state index in [4.69, 9.17) is 9.15 Å². The molecule has 1 heterocycles. The fraction of sp³-hybridized carbons (Fsp3) is 0.0500. The SMILES string of the molecule is O=C(COC(=O)c1ccc2ncoc2c1)Nc1ccc2ccccc2c1. The van der Waals surface area contributed by atoms with Gasteiger partial charge in [0, 0.05) is 5.69 Å². The zero-order valence-corrected chi connectivity index (χ0v) is 13.6. The summed E-state index contributed by atoms with van der Waals surface area (Å²) in [5.74, 6) is -1.01. The summed E-state index contributed by atoms with van der Waals surface area (Å²) in [6.07, 6.45) is 1.30. The second-order valence-corrected chi connectivity index (χ2v) is 5.72. The van der Waals surface area contributed by atoms with Crippen molar-refractivity contribution < 1.29 is 18.7 Å². The van der Waals surface area contributed by atoms with Crippen molar-refractivity contribution in [2.75, 3.05) is 11.9 Å². The van der Waals surface area contributed by atoms with Gasteiger partial charge in [0.2, 0.25) is 0 Å². The van der Waals surface area contributed by atoms with Gasteiger partial charge in [0.1, 0.15) is 5.52 Å². The van der Waals surface area contributed by atoms with E-state index < -0.39 is 11.9 Å². The van der Waals surface area contributed by atoms with E-state index in [9.17, 15) is 9.59 Å². The molecule has 1 N–H and O–H groups in total. The molecular weight excluding hydrogens is 332 g/mol. The Kier molecular flexibility index (Phi) is 4.07. The number of amides is 1. The lowest BCUT2D eigenvalue weighted by Gasteiger charge is -2.07. The number of aromatic nitrogens is 1. The van der Waals surface area contributed by atoms with Gasteiger partial charge >= 0.3 is 5.97 Å². The Hall–Kier alpha value is -3.67. The fourth-order valence-electron chi connectivity index (χ4n) is 2.66. The van der Waals surface area contributed by atoms with E-state index in [1.165, 1.54) is 12.5 Å². The van der Waals surface area contributed by atoms with Crippen LogP contribution in [-0.2, 0) is 9.53 Å². The summed E-state index contributed by atoms with van der Waals surface area (Å²) in [5.41, 5.74) is 2.08. The number of nitrogens with one attached hydrogen (secondary N) is 1. The van der Waals surface area contributed by atoms with E-state index in [1.54, 1.807) is 18.2 Å². The molecule has 0 fully saturated rings. The predicted molar refractivity (Wildman–Crippen MR) is 96.9 cm³/mol. The number of ether oxygens (including phenoxy) is 1. The molecule has 0 unspecified atom stereocenters. The number of nitrogens with zero attached hydrogens (tertiary/aromatic N) is 1. The van der Waals surface area contributed by atoms with Crippen LogP contribution in [-0.4, -0.2) is 23.5 Å². The molecule has 0 saturated carbocycles. The van der Waals surface area contributed by atoms with Crippen molar-refractivity contribution in [2.24, 2.45) is 0 Å². The third kappa shape index (κ3) is 3.25. The van der Waals surface area contributed by atoms with E-state index in [1.807, 2.05) is 36.4 Å². The van der Waals surface area contributed by atoms with Gasteiger partial charge in [-0.15, -0.1) is 0 Å². The molecule has 4 rings (SSSR count). The zero-order valence-electron chi connectivity index (χ0n) is 13.6. The second kappa shape index (κ2) is 6.68. The Balaban J connectivity index is 1.38. The Bertz CT molecular complexity index is 1120. The minimum absolute atomic E-state index is 0.299. The number of oxazole rings is 1. The smallest absolute Gasteiger partial charge is 0.338 e. The van der Waals surface area contributed by atoms with Crippen molar-refractivity contribution >= 4 is 39.4 Å². The summed E-state index contributed by atoms with van der Waals surface area (Å²) in [6.45, 7) is -0.375. The first kappa shape index (κ1) is 15.8. The maximum Gasteiger partial charge on any atom is 0.338 e. The van der Waals surface area contributed by atoms with E-state index in [0.717, 1.165) is 10.8 Å². The van der Waals surface area contributed by atoms with Gasteiger partial charge in [-0.1, -0.05) is 30.3 Å². The first-order chi connectivity index (χ1) is 12.7. The quantitative estimate of drug-likeness (QED) is 0.569. The molecule has 1 aromatic heterocycles. The molecular formula is C20H14N2O4. The number of carbonyl (C=O) groups excluding carboxylic acids is 2. The van der Waals surface area contributed by atoms with Crippen LogP contribution >= 0.6 is 0 Å². The zero-order chi connectivity index (χ0) is 17.9. The largest absolute Gasteiger partial charge is 0.452 e. The molecule has 0 aliphatic heterocycles. The lowest BCUT2D eigenvalue weighted by molar-refractivity contribution is -0.119. The molecule has 4 aromatic rings. The normalized spacial score (nSPS) is 10.8. The molecule has 0 bridgehead atoms. The Morgan fingerprint density at radius 1 is 1.00 bits per heavy atom. The first-order valence-corrected chi connectivity index (χ1v) is 7.98. The van der Waals surface area contributed by atoms with Crippen LogP contribution in [0.15, 0.2) is 71.5 Å². The number of hydrogen-bond donors (Lipinski definition) is 1. The summed E-state index contributed by atoms with van der Waals surface area (Å²) in [4.78, 5) is 28.1. The van der Waals surface area contributed by atoms with Gasteiger partial charge in [-0.3, -0.25) is 4.79 Å². The van der Waals surface area contributed by atoms with Crippen molar-refractivity contribution in [1.29, 1.82) is 0 Å². The van der Waals surface area contributed by atoms with Crippen LogP contribution < -0.4 is 5.32 Å². The summed E-state index contributed by atoms with van der Waals surface area (Å²) in [5, 5.41) is 4.82. The van der Waals surface area contributed by atoms with Gasteiger partial charge in [-0.2, -0.15) is 0 Å². The van der Waals surface area contributed by atoms with Gasteiger partial charge < -0.3 is 14.5 Å². The third-order valence-corrected chi connectivity index (χ3v) is 3.93. The van der Waals surface area contributed by atoms with E-state index in [-0.39, 0.29) is 6.61 Å². The van der Waals surface area contributed by atoms with Gasteiger partial charge in [0.25, 0.3) is 5.91 Å². The standard InChI is InChI=1S/C20H14N2O4/c23-19(22-16-7-5-13-3-1-2-4-14(13)9-16)11-25-20(24)15-6-8-17-18(10-15)26-12-21-17/h1-10,12H,11H2,(H,22,23). The van der Waals surface area contributed by atoms with Crippen LogP contribution in [0.4, 0.5) is 5.69 Å². The van der Waals surface area contributed by atoms with Crippen molar-refractivity contribution in [1.82, 2.24) is 4.98 Å². The molecule has 3 aromatic carbocycles. The molecule has 0 aliphatic rings. The van der Waals surface area contributed by atoms with Crippen molar-refractivity contribution in [3.8, 4) is 0 Å². The van der Waals surface area contributed by atoms with Crippen LogP contribution in [0.5, 0.6) is 0 Å². The highest BCUT2D eigenvalue weighted by Crippen LogP contribution is 2.19. The molecule has 0 spiro atoms. The summed E-state index contributed by atoms with van der Waals surface area (Å²) >= 11 is 0. The summed E-state index contributed by atoms with van der Waals surface area (Å²) < 4.78 is 10.2. The van der Waals surface area contributed by atoms with Crippen LogP contribution in [0.1, 0.15) is 10.4 Å². The minimum Gasteiger partial charge on any atom is -0.452 e. The molecule has 6 heteroatoms. The van der Waals surface area contributed by atoms with Crippen molar-refractivity contribution in [3.63, 3.8) is 0 Å². The first-order valence-electron chi connectivity index (χ1n) is 7.98. The lowest BCUT2D eigenvalue weighted by atomic mass is 10.1. The molecule has 0 radical (unpaired) electrons. The van der Waals surface area contributed by atoms with Gasteiger partial charge in [0.15, 0.2) is 18.6 Å². The molecule has 1 amide bonds. The topological polar surface area (TPSA) is 81.4 Å². The predicted octanol–water partition coefficient (Wildman–Crippen LogP) is 3.78. The molecule has 0 saturated heterocycles. The van der Waals surface area contributed by atoms with Crippen LogP contribution in [0.3, 0.4) is 0 Å². The highest BCUT2D eigenvalue weighted by atomic mass is 16.5. The van der Waals surface area contributed by atoms with E-state index in [0.29, 0.717) is 22.4 Å². The summed E-state index contributed by atoms with van der Waals surface area (Å²) in [6, 6.07) is 18.2. The number of hydrogen-bond acceptors (Lipinski definition) is 5. The molecule has 0 atom stereocenters. The second-order valence-electron chi connectivity index (χ2n) is 5.72. The number of benzene rings is 3. The van der Waals surface area contributed by atoms with Gasteiger partial charge in [0.05, 0.1) is 5.56 Å². The maximum atomic E-state index is 12.1. The van der Waals surface area contributed by atoms with Crippen LogP contribution in [0.25, 0.3) is 21.9 Å². The number of rotatable bonds is 4. The lowest BCUT2D eigenvalue weighted by Crippen LogP contribution is -2.20. The maximum absolute atomic E-state index is 12.1. The number of fused-ring (bicyclic) bond motifs is 2. The highest BCUT2D eigenvalue weighted by molar-refractivity contribution is 5.98. The molecule has 0 aliphatic carbocycles. The number of esters is 1. The Morgan fingerprint density at radius 3 is 2.73 bits per heavy atom. The van der Waals surface area contributed by atoms with Crippen molar-refractivity contribution in [2.45, 2.75) is 0 Å². The molecule has 128 valence electrons. The van der Waals surface area contributed by atoms with Gasteiger partial charge in [-0.25, -0.2) is 9.78 Å². The third-order valence-electron chi connectivity index (χ3n) is 3.93. The number of anilines is 1.